The topological polar surface area (TPSA) is 87.7 Å². The molecule has 0 atom stereocenters. The van der Waals surface area contributed by atoms with Gasteiger partial charge in [-0.05, 0) is 6.42 Å². The van der Waals surface area contributed by atoms with Crippen LogP contribution in [0.4, 0.5) is 9.59 Å². The van der Waals surface area contributed by atoms with E-state index in [2.05, 4.69) is 6.92 Å². The number of hydrogen-bond acceptors (Lipinski definition) is 3. The van der Waals surface area contributed by atoms with Crippen molar-refractivity contribution < 1.29 is 19.4 Å². The van der Waals surface area contributed by atoms with Gasteiger partial charge in [-0.15, -0.1) is 0 Å². The zero-order valence-corrected chi connectivity index (χ0v) is 10.3. The van der Waals surface area contributed by atoms with E-state index in [9.17, 15) is 9.59 Å². The van der Waals surface area contributed by atoms with E-state index in [4.69, 9.17) is 9.84 Å². The van der Waals surface area contributed by atoms with Gasteiger partial charge >= 0.3 is 12.2 Å². The van der Waals surface area contributed by atoms with Crippen molar-refractivity contribution in [3.8, 4) is 0 Å². The highest BCUT2D eigenvalue weighted by Crippen LogP contribution is 2.06. The number of ether oxygens (including phenoxy) is 1. The molecule has 0 aromatic carbocycles. The van der Waals surface area contributed by atoms with E-state index in [0.29, 0.717) is 6.61 Å². The molecule has 0 aromatic heterocycles. The maximum absolute atomic E-state index is 10.9. The van der Waals surface area contributed by atoms with Crippen LogP contribution in [-0.2, 0) is 4.74 Å². The molecule has 3 N–H and O–H groups in total. The molecule has 6 heteroatoms. The lowest BCUT2D eigenvalue weighted by Gasteiger charge is -2.06. The van der Waals surface area contributed by atoms with Crippen molar-refractivity contribution in [1.82, 2.24) is 10.9 Å². The monoisotopic (exact) mass is 246 g/mol. The summed E-state index contributed by atoms with van der Waals surface area (Å²) in [6.07, 6.45) is 5.91. The number of carboxylic acid groups (broad SMARTS) is 1. The smallest absolute Gasteiger partial charge is 0.426 e. The number of carbonyl (C=O) groups is 2. The number of carbonyl (C=O) groups excluding carboxylic acids is 1. The standard InChI is InChI=1S/C11H22N2O4/c1-2-3-4-5-6-7-8-9-17-11(16)13-12-10(14)15/h12H,2-9H2,1H3,(H,13,16)(H,14,15). The first-order valence-electron chi connectivity index (χ1n) is 6.08. The summed E-state index contributed by atoms with van der Waals surface area (Å²) < 4.78 is 4.74. The fourth-order valence-electron chi connectivity index (χ4n) is 1.36. The molecule has 0 bridgehead atoms. The maximum Gasteiger partial charge on any atom is 0.426 e. The molecule has 0 aliphatic rings. The van der Waals surface area contributed by atoms with Gasteiger partial charge in [0.1, 0.15) is 0 Å². The Hall–Kier alpha value is -1.46. The predicted octanol–water partition coefficient (Wildman–Crippen LogP) is 2.65. The molecule has 0 aromatic rings. The third kappa shape index (κ3) is 12.5. The highest BCUT2D eigenvalue weighted by molar-refractivity contribution is 5.72. The van der Waals surface area contributed by atoms with Gasteiger partial charge in [-0.2, -0.15) is 0 Å². The molecule has 0 rings (SSSR count). The molecule has 0 saturated heterocycles. The van der Waals surface area contributed by atoms with Crippen LogP contribution in [0.5, 0.6) is 0 Å². The second kappa shape index (κ2) is 11.0. The molecule has 0 saturated carbocycles. The Morgan fingerprint density at radius 1 is 1.00 bits per heavy atom. The summed E-state index contributed by atoms with van der Waals surface area (Å²) in [6.45, 7) is 2.50. The lowest BCUT2D eigenvalue weighted by Crippen LogP contribution is -2.41. The molecule has 0 fully saturated rings. The molecule has 0 spiro atoms. The Bertz CT molecular complexity index is 222. The molecule has 100 valence electrons. The van der Waals surface area contributed by atoms with E-state index in [0.717, 1.165) is 19.3 Å². The first kappa shape index (κ1) is 15.5. The highest BCUT2D eigenvalue weighted by Gasteiger charge is 2.02. The molecule has 0 heterocycles. The number of rotatable bonds is 8. The molecule has 0 aliphatic carbocycles. The van der Waals surface area contributed by atoms with Crippen LogP contribution in [0.15, 0.2) is 0 Å². The normalized spacial score (nSPS) is 9.71. The van der Waals surface area contributed by atoms with Gasteiger partial charge in [-0.25, -0.2) is 20.4 Å². The van der Waals surface area contributed by atoms with Gasteiger partial charge in [0, 0.05) is 0 Å². The summed E-state index contributed by atoms with van der Waals surface area (Å²) in [5.74, 6) is 0. The van der Waals surface area contributed by atoms with Gasteiger partial charge in [-0.1, -0.05) is 45.4 Å². The number of unbranched alkanes of at least 4 members (excludes halogenated alkanes) is 6. The Labute approximate surface area is 102 Å². The van der Waals surface area contributed by atoms with Crippen molar-refractivity contribution >= 4 is 12.2 Å². The highest BCUT2D eigenvalue weighted by atomic mass is 16.6. The zero-order valence-electron chi connectivity index (χ0n) is 10.3. The van der Waals surface area contributed by atoms with Crippen molar-refractivity contribution in [2.24, 2.45) is 0 Å². The average molecular weight is 246 g/mol. The van der Waals surface area contributed by atoms with Crippen LogP contribution < -0.4 is 10.9 Å². The third-order valence-corrected chi connectivity index (χ3v) is 2.25. The van der Waals surface area contributed by atoms with Crippen molar-refractivity contribution in [3.63, 3.8) is 0 Å². The molecule has 6 nitrogen and oxygen atoms in total. The summed E-state index contributed by atoms with van der Waals surface area (Å²) in [4.78, 5) is 20.9. The van der Waals surface area contributed by atoms with Gasteiger partial charge in [0.15, 0.2) is 0 Å². The fourth-order valence-corrected chi connectivity index (χ4v) is 1.36. The number of nitrogens with one attached hydrogen (secondary N) is 2. The Kier molecular flexibility index (Phi) is 10.1. The van der Waals surface area contributed by atoms with Crippen molar-refractivity contribution in [3.05, 3.63) is 0 Å². The van der Waals surface area contributed by atoms with Crippen LogP contribution in [0.1, 0.15) is 51.9 Å². The number of amides is 2. The van der Waals surface area contributed by atoms with Gasteiger partial charge in [0.2, 0.25) is 0 Å². The van der Waals surface area contributed by atoms with Gasteiger partial charge in [-0.3, -0.25) is 0 Å². The van der Waals surface area contributed by atoms with Crippen LogP contribution in [-0.4, -0.2) is 23.9 Å². The van der Waals surface area contributed by atoms with E-state index < -0.39 is 12.2 Å². The second-order valence-corrected chi connectivity index (χ2v) is 3.81. The minimum Gasteiger partial charge on any atom is -0.464 e. The summed E-state index contributed by atoms with van der Waals surface area (Å²) in [7, 11) is 0. The molecule has 0 radical (unpaired) electrons. The lowest BCUT2D eigenvalue weighted by atomic mass is 10.1. The van der Waals surface area contributed by atoms with Crippen molar-refractivity contribution in [1.29, 1.82) is 0 Å². The molecule has 0 unspecified atom stereocenters. The second-order valence-electron chi connectivity index (χ2n) is 3.81. The molecular formula is C11H22N2O4. The quantitative estimate of drug-likeness (QED) is 0.454. The van der Waals surface area contributed by atoms with E-state index in [1.807, 2.05) is 5.43 Å². The van der Waals surface area contributed by atoms with E-state index in [-0.39, 0.29) is 0 Å². The van der Waals surface area contributed by atoms with E-state index in [1.54, 1.807) is 5.43 Å². The van der Waals surface area contributed by atoms with Crippen molar-refractivity contribution in [2.45, 2.75) is 51.9 Å². The van der Waals surface area contributed by atoms with E-state index >= 15 is 0 Å². The molecule has 17 heavy (non-hydrogen) atoms. The maximum atomic E-state index is 10.9. The summed E-state index contributed by atoms with van der Waals surface area (Å²) in [5, 5.41) is 8.19. The third-order valence-electron chi connectivity index (χ3n) is 2.25. The summed E-state index contributed by atoms with van der Waals surface area (Å²) >= 11 is 0. The first-order chi connectivity index (χ1) is 8.16. The lowest BCUT2D eigenvalue weighted by molar-refractivity contribution is 0.135. The number of hydrazine groups is 1. The minimum atomic E-state index is -1.32. The van der Waals surface area contributed by atoms with Crippen LogP contribution in [0, 0.1) is 0 Å². The van der Waals surface area contributed by atoms with E-state index in [1.165, 1.54) is 25.7 Å². The predicted molar refractivity (Wildman–Crippen MR) is 63.6 cm³/mol. The molecule has 0 aliphatic heterocycles. The van der Waals surface area contributed by atoms with Gasteiger partial charge in [0.05, 0.1) is 6.61 Å². The van der Waals surface area contributed by atoms with Gasteiger partial charge < -0.3 is 9.84 Å². The van der Waals surface area contributed by atoms with Gasteiger partial charge in [0.25, 0.3) is 0 Å². The molecular weight excluding hydrogens is 224 g/mol. The Balaban J connectivity index is 3.16. The largest absolute Gasteiger partial charge is 0.464 e. The van der Waals surface area contributed by atoms with Crippen LogP contribution in [0.25, 0.3) is 0 Å². The van der Waals surface area contributed by atoms with Crippen molar-refractivity contribution in [2.75, 3.05) is 6.61 Å². The Morgan fingerprint density at radius 3 is 2.18 bits per heavy atom. The fraction of sp³-hybridized carbons (Fsp3) is 0.818. The minimum absolute atomic E-state index is 0.320. The van der Waals surface area contributed by atoms with Crippen LogP contribution in [0.2, 0.25) is 0 Å². The SMILES string of the molecule is CCCCCCCCCOC(=O)NNC(=O)O. The first-order valence-corrected chi connectivity index (χ1v) is 6.08. The molecule has 2 amide bonds. The average Bonchev–Trinajstić information content (AvgIpc) is 2.30. The Morgan fingerprint density at radius 2 is 1.59 bits per heavy atom. The van der Waals surface area contributed by atoms with Crippen LogP contribution in [0.3, 0.4) is 0 Å². The zero-order chi connectivity index (χ0) is 12.9. The van der Waals surface area contributed by atoms with Crippen LogP contribution >= 0.6 is 0 Å². The number of hydrogen-bond donors (Lipinski definition) is 3. The summed E-state index contributed by atoms with van der Waals surface area (Å²) in [6, 6.07) is 0. The summed E-state index contributed by atoms with van der Waals surface area (Å²) in [5.41, 5.74) is 3.60.